The molecule has 5 heteroatoms. The number of hydrogen-bond donors (Lipinski definition) is 1. The standard InChI is InChI=1S/C17H16N2O3/c1-12-6-7-14(10-13(12)2)17(20)8-9-18-15-4-3-5-16(11-15)19(21)22/h3-11,18H,1-2H3/b9-8-. The Hall–Kier alpha value is -2.95. The van der Waals surface area contributed by atoms with Crippen LogP contribution in [0.5, 0.6) is 0 Å². The van der Waals surface area contributed by atoms with E-state index in [1.54, 1.807) is 18.2 Å². The number of non-ortho nitro benzene ring substituents is 1. The number of rotatable bonds is 5. The molecule has 0 fully saturated rings. The molecular weight excluding hydrogens is 280 g/mol. The number of nitro benzene ring substituents is 1. The van der Waals surface area contributed by atoms with Crippen molar-refractivity contribution in [3.05, 3.63) is 81.5 Å². The van der Waals surface area contributed by atoms with E-state index in [0.29, 0.717) is 11.3 Å². The van der Waals surface area contributed by atoms with Gasteiger partial charge in [-0.05, 0) is 37.1 Å². The van der Waals surface area contributed by atoms with E-state index in [9.17, 15) is 14.9 Å². The number of nitrogens with one attached hydrogen (secondary N) is 1. The van der Waals surface area contributed by atoms with E-state index < -0.39 is 4.92 Å². The van der Waals surface area contributed by atoms with Crippen LogP contribution in [0.3, 0.4) is 0 Å². The lowest BCUT2D eigenvalue weighted by Crippen LogP contribution is -1.98. The van der Waals surface area contributed by atoms with Gasteiger partial charge >= 0.3 is 0 Å². The smallest absolute Gasteiger partial charge is 0.271 e. The van der Waals surface area contributed by atoms with Crippen molar-refractivity contribution in [3.8, 4) is 0 Å². The van der Waals surface area contributed by atoms with E-state index in [4.69, 9.17) is 0 Å². The second-order valence-electron chi connectivity index (χ2n) is 4.95. The van der Waals surface area contributed by atoms with Crippen LogP contribution in [0.2, 0.25) is 0 Å². The molecule has 1 N–H and O–H groups in total. The van der Waals surface area contributed by atoms with Crippen LogP contribution >= 0.6 is 0 Å². The number of ketones is 1. The van der Waals surface area contributed by atoms with E-state index in [2.05, 4.69) is 5.32 Å². The summed E-state index contributed by atoms with van der Waals surface area (Å²) in [5.74, 6) is -0.124. The molecule has 5 nitrogen and oxygen atoms in total. The predicted octanol–water partition coefficient (Wildman–Crippen LogP) is 4.02. The summed E-state index contributed by atoms with van der Waals surface area (Å²) >= 11 is 0. The lowest BCUT2D eigenvalue weighted by atomic mass is 10.0. The van der Waals surface area contributed by atoms with Crippen LogP contribution < -0.4 is 5.32 Å². The topological polar surface area (TPSA) is 72.2 Å². The largest absolute Gasteiger partial charge is 0.361 e. The molecule has 0 aliphatic rings. The molecule has 0 atom stereocenters. The molecule has 0 radical (unpaired) electrons. The van der Waals surface area contributed by atoms with Crippen LogP contribution in [0.15, 0.2) is 54.7 Å². The Morgan fingerprint density at radius 1 is 1.14 bits per heavy atom. The van der Waals surface area contributed by atoms with Gasteiger partial charge in [0.2, 0.25) is 0 Å². The Bertz CT molecular complexity index is 751. The van der Waals surface area contributed by atoms with Crippen molar-refractivity contribution >= 4 is 17.2 Å². The van der Waals surface area contributed by atoms with Gasteiger partial charge in [0, 0.05) is 35.7 Å². The van der Waals surface area contributed by atoms with E-state index in [1.165, 1.54) is 24.4 Å². The Morgan fingerprint density at radius 2 is 1.91 bits per heavy atom. The van der Waals surface area contributed by atoms with Gasteiger partial charge in [0.25, 0.3) is 5.69 Å². The molecule has 0 saturated carbocycles. The third kappa shape index (κ3) is 3.79. The Morgan fingerprint density at radius 3 is 2.59 bits per heavy atom. The molecule has 0 bridgehead atoms. The zero-order chi connectivity index (χ0) is 16.1. The molecule has 0 saturated heterocycles. The second-order valence-corrected chi connectivity index (χ2v) is 4.95. The van der Waals surface area contributed by atoms with Gasteiger partial charge in [0.15, 0.2) is 5.78 Å². The molecule has 0 amide bonds. The lowest BCUT2D eigenvalue weighted by Gasteiger charge is -2.02. The minimum atomic E-state index is -0.463. The summed E-state index contributed by atoms with van der Waals surface area (Å²) in [7, 11) is 0. The molecule has 0 aromatic heterocycles. The van der Waals surface area contributed by atoms with E-state index >= 15 is 0 Å². The molecule has 112 valence electrons. The van der Waals surface area contributed by atoms with Crippen molar-refractivity contribution in [2.75, 3.05) is 5.32 Å². The van der Waals surface area contributed by atoms with Gasteiger partial charge in [-0.1, -0.05) is 18.2 Å². The van der Waals surface area contributed by atoms with Crippen molar-refractivity contribution in [3.63, 3.8) is 0 Å². The summed E-state index contributed by atoms with van der Waals surface area (Å²) in [6.07, 6.45) is 2.89. The minimum absolute atomic E-state index is 0.00103. The van der Waals surface area contributed by atoms with Crippen molar-refractivity contribution < 1.29 is 9.72 Å². The highest BCUT2D eigenvalue weighted by Crippen LogP contribution is 2.17. The molecule has 2 aromatic rings. The molecule has 0 spiro atoms. The van der Waals surface area contributed by atoms with Gasteiger partial charge in [-0.25, -0.2) is 0 Å². The van der Waals surface area contributed by atoms with Crippen molar-refractivity contribution in [1.29, 1.82) is 0 Å². The summed E-state index contributed by atoms with van der Waals surface area (Å²) in [4.78, 5) is 22.3. The van der Waals surface area contributed by atoms with Crippen LogP contribution in [0.4, 0.5) is 11.4 Å². The van der Waals surface area contributed by atoms with Crippen LogP contribution in [-0.2, 0) is 0 Å². The summed E-state index contributed by atoms with van der Waals surface area (Å²) < 4.78 is 0. The number of nitro groups is 1. The van der Waals surface area contributed by atoms with Crippen molar-refractivity contribution in [1.82, 2.24) is 0 Å². The Labute approximate surface area is 128 Å². The first kappa shape index (κ1) is 15.4. The highest BCUT2D eigenvalue weighted by Gasteiger charge is 2.05. The normalized spacial score (nSPS) is 10.6. The number of hydrogen-bond acceptors (Lipinski definition) is 4. The fraction of sp³-hybridized carbons (Fsp3) is 0.118. The molecule has 0 aliphatic carbocycles. The molecule has 0 aliphatic heterocycles. The van der Waals surface area contributed by atoms with Gasteiger partial charge < -0.3 is 5.32 Å². The highest BCUT2D eigenvalue weighted by atomic mass is 16.6. The van der Waals surface area contributed by atoms with Crippen molar-refractivity contribution in [2.24, 2.45) is 0 Å². The van der Waals surface area contributed by atoms with Crippen LogP contribution in [0, 0.1) is 24.0 Å². The van der Waals surface area contributed by atoms with E-state index in [1.807, 2.05) is 26.0 Å². The third-order valence-electron chi connectivity index (χ3n) is 3.33. The van der Waals surface area contributed by atoms with Gasteiger partial charge in [-0.3, -0.25) is 14.9 Å². The average molecular weight is 296 g/mol. The maximum Gasteiger partial charge on any atom is 0.271 e. The summed E-state index contributed by atoms with van der Waals surface area (Å²) in [6, 6.07) is 11.6. The average Bonchev–Trinajstić information content (AvgIpc) is 2.50. The van der Waals surface area contributed by atoms with Gasteiger partial charge in [0.1, 0.15) is 0 Å². The quantitative estimate of drug-likeness (QED) is 0.391. The zero-order valence-electron chi connectivity index (χ0n) is 12.4. The fourth-order valence-corrected chi connectivity index (χ4v) is 1.91. The number of anilines is 1. The zero-order valence-corrected chi connectivity index (χ0v) is 12.4. The van der Waals surface area contributed by atoms with E-state index in [0.717, 1.165) is 11.1 Å². The second kappa shape index (κ2) is 6.67. The molecular formula is C17H16N2O3. The van der Waals surface area contributed by atoms with Gasteiger partial charge in [-0.2, -0.15) is 0 Å². The molecule has 22 heavy (non-hydrogen) atoms. The van der Waals surface area contributed by atoms with Gasteiger partial charge in [-0.15, -0.1) is 0 Å². The van der Waals surface area contributed by atoms with Crippen LogP contribution in [0.25, 0.3) is 0 Å². The van der Waals surface area contributed by atoms with Gasteiger partial charge in [0.05, 0.1) is 4.92 Å². The molecule has 2 rings (SSSR count). The number of carbonyl (C=O) groups excluding carboxylic acids is 1. The number of nitrogens with zero attached hydrogens (tertiary/aromatic N) is 1. The third-order valence-corrected chi connectivity index (χ3v) is 3.33. The SMILES string of the molecule is Cc1ccc(C(=O)/C=C\Nc2cccc([N+](=O)[O-])c2)cc1C. The molecule has 2 aromatic carbocycles. The van der Waals surface area contributed by atoms with Crippen LogP contribution in [0.1, 0.15) is 21.5 Å². The number of allylic oxidation sites excluding steroid dienone is 1. The maximum atomic E-state index is 12.0. The Balaban J connectivity index is 2.05. The number of aryl methyl sites for hydroxylation is 2. The first-order chi connectivity index (χ1) is 10.5. The number of carbonyl (C=O) groups is 1. The minimum Gasteiger partial charge on any atom is -0.361 e. The highest BCUT2D eigenvalue weighted by molar-refractivity contribution is 6.04. The summed E-state index contributed by atoms with van der Waals surface area (Å²) in [6.45, 7) is 3.94. The Kier molecular flexibility index (Phi) is 4.68. The maximum absolute atomic E-state index is 12.0. The first-order valence-corrected chi connectivity index (χ1v) is 6.76. The lowest BCUT2D eigenvalue weighted by molar-refractivity contribution is -0.384. The summed E-state index contributed by atoms with van der Waals surface area (Å²) in [5.41, 5.74) is 3.36. The molecule has 0 heterocycles. The number of benzene rings is 2. The predicted molar refractivity (Wildman–Crippen MR) is 86.1 cm³/mol. The monoisotopic (exact) mass is 296 g/mol. The van der Waals surface area contributed by atoms with Crippen LogP contribution in [-0.4, -0.2) is 10.7 Å². The fourth-order valence-electron chi connectivity index (χ4n) is 1.91. The molecule has 0 unspecified atom stereocenters. The van der Waals surface area contributed by atoms with Crippen molar-refractivity contribution in [2.45, 2.75) is 13.8 Å². The van der Waals surface area contributed by atoms with E-state index in [-0.39, 0.29) is 11.5 Å². The first-order valence-electron chi connectivity index (χ1n) is 6.76. The summed E-state index contributed by atoms with van der Waals surface area (Å²) in [5, 5.41) is 13.5.